The zero-order valence-electron chi connectivity index (χ0n) is 10.4. The molecule has 0 spiro atoms. The van der Waals surface area contributed by atoms with Crippen molar-refractivity contribution in [3.63, 3.8) is 0 Å². The highest BCUT2D eigenvalue weighted by Gasteiger charge is 2.12. The average Bonchev–Trinajstić information content (AvgIpc) is 2.42. The van der Waals surface area contributed by atoms with E-state index in [1.807, 2.05) is 0 Å². The fourth-order valence-electron chi connectivity index (χ4n) is 1.57. The van der Waals surface area contributed by atoms with Crippen LogP contribution in [0.15, 0.2) is 40.6 Å². The summed E-state index contributed by atoms with van der Waals surface area (Å²) in [6.07, 6.45) is 3.37. The van der Waals surface area contributed by atoms with E-state index in [0.29, 0.717) is 15.6 Å². The first-order valence-electron chi connectivity index (χ1n) is 5.78. The molecule has 0 aliphatic heterocycles. The van der Waals surface area contributed by atoms with Crippen molar-refractivity contribution in [2.24, 2.45) is 0 Å². The van der Waals surface area contributed by atoms with Crippen LogP contribution < -0.4 is 0 Å². The van der Waals surface area contributed by atoms with Crippen LogP contribution in [0.1, 0.15) is 12.0 Å². The van der Waals surface area contributed by atoms with Crippen LogP contribution in [-0.4, -0.2) is 31.3 Å². The second-order valence-corrected chi connectivity index (χ2v) is 4.98. The smallest absolute Gasteiger partial charge is 0.303 e. The molecule has 1 aromatic heterocycles. The summed E-state index contributed by atoms with van der Waals surface area (Å²) < 4.78 is 0. The van der Waals surface area contributed by atoms with Crippen molar-refractivity contribution < 1.29 is 20.1 Å². The number of hydrogen-bond donors (Lipinski definition) is 3. The van der Waals surface area contributed by atoms with Crippen molar-refractivity contribution in [1.82, 2.24) is 9.97 Å². The lowest BCUT2D eigenvalue weighted by Crippen LogP contribution is -1.99. The Hall–Kier alpha value is -2.28. The van der Waals surface area contributed by atoms with Crippen molar-refractivity contribution >= 4 is 17.7 Å². The van der Waals surface area contributed by atoms with E-state index in [2.05, 4.69) is 9.97 Å². The molecule has 0 bridgehead atoms. The van der Waals surface area contributed by atoms with Crippen LogP contribution >= 0.6 is 11.8 Å². The number of carboxylic acids is 1. The van der Waals surface area contributed by atoms with Gasteiger partial charge in [0.25, 0.3) is 0 Å². The molecule has 0 radical (unpaired) electrons. The zero-order valence-corrected chi connectivity index (χ0v) is 11.2. The highest BCUT2D eigenvalue weighted by atomic mass is 32.2. The Kier molecular flexibility index (Phi) is 4.41. The largest absolute Gasteiger partial charge is 0.504 e. The Labute approximate surface area is 119 Å². The van der Waals surface area contributed by atoms with Gasteiger partial charge in [-0.3, -0.25) is 4.79 Å². The molecule has 104 valence electrons. The van der Waals surface area contributed by atoms with E-state index >= 15 is 0 Å². The van der Waals surface area contributed by atoms with Gasteiger partial charge in [-0.1, -0.05) is 0 Å². The number of hydrogen-bond acceptors (Lipinski definition) is 6. The highest BCUT2D eigenvalue weighted by molar-refractivity contribution is 7.99. The van der Waals surface area contributed by atoms with Crippen molar-refractivity contribution in [1.29, 1.82) is 0 Å². The molecular weight excluding hydrogens is 280 g/mol. The van der Waals surface area contributed by atoms with Gasteiger partial charge in [-0.25, -0.2) is 9.97 Å². The Morgan fingerprint density at radius 1 is 1.15 bits per heavy atom. The zero-order chi connectivity index (χ0) is 14.5. The Bertz CT molecular complexity index is 619. The van der Waals surface area contributed by atoms with E-state index in [1.54, 1.807) is 18.5 Å². The van der Waals surface area contributed by atoms with Gasteiger partial charge in [0.05, 0.1) is 0 Å². The molecule has 0 unspecified atom stereocenters. The van der Waals surface area contributed by atoms with E-state index in [-0.39, 0.29) is 24.3 Å². The number of carbonyl (C=O) groups is 1. The summed E-state index contributed by atoms with van der Waals surface area (Å²) in [5, 5.41) is 28.3. The quantitative estimate of drug-likeness (QED) is 0.572. The number of aliphatic carboxylic acids is 1. The number of aromatic hydroxyl groups is 2. The van der Waals surface area contributed by atoms with Crippen LogP contribution in [0.2, 0.25) is 0 Å². The standard InChI is InChI=1S/C13H12N2O4S/c16-9-6-8(2-3-12(18)19)11(7-10(9)17)20-13-14-4-1-5-15-13/h1,4-7,16-17H,2-3H2,(H,18,19). The summed E-state index contributed by atoms with van der Waals surface area (Å²) in [7, 11) is 0. The van der Waals surface area contributed by atoms with E-state index in [0.717, 1.165) is 0 Å². The maximum absolute atomic E-state index is 10.7. The van der Waals surface area contributed by atoms with Gasteiger partial charge in [-0.15, -0.1) is 0 Å². The number of nitrogens with zero attached hydrogens (tertiary/aromatic N) is 2. The Morgan fingerprint density at radius 3 is 2.45 bits per heavy atom. The molecule has 1 aromatic carbocycles. The molecule has 0 saturated heterocycles. The lowest BCUT2D eigenvalue weighted by Gasteiger charge is -2.09. The van der Waals surface area contributed by atoms with Crippen LogP contribution in [0.25, 0.3) is 0 Å². The normalized spacial score (nSPS) is 10.4. The van der Waals surface area contributed by atoms with Gasteiger partial charge < -0.3 is 15.3 Å². The summed E-state index contributed by atoms with van der Waals surface area (Å²) in [6.45, 7) is 0. The fourth-order valence-corrected chi connectivity index (χ4v) is 2.46. The minimum absolute atomic E-state index is 0.0621. The van der Waals surface area contributed by atoms with Gasteiger partial charge in [0, 0.05) is 23.7 Å². The molecule has 0 aliphatic carbocycles. The van der Waals surface area contributed by atoms with Crippen LogP contribution in [0, 0.1) is 0 Å². The molecule has 0 aliphatic rings. The van der Waals surface area contributed by atoms with Crippen LogP contribution in [0.4, 0.5) is 0 Å². The summed E-state index contributed by atoms with van der Waals surface area (Å²) in [5.74, 6) is -1.46. The third kappa shape index (κ3) is 3.61. The minimum Gasteiger partial charge on any atom is -0.504 e. The number of phenols is 2. The van der Waals surface area contributed by atoms with Crippen molar-refractivity contribution in [2.75, 3.05) is 0 Å². The third-order valence-electron chi connectivity index (χ3n) is 2.51. The molecule has 0 saturated carbocycles. The number of rotatable bonds is 5. The number of benzene rings is 1. The number of carboxylic acid groups (broad SMARTS) is 1. The number of aryl methyl sites for hydroxylation is 1. The minimum atomic E-state index is -0.926. The SMILES string of the molecule is O=C(O)CCc1cc(O)c(O)cc1Sc1ncccn1. The molecule has 1 heterocycles. The van der Waals surface area contributed by atoms with E-state index in [9.17, 15) is 15.0 Å². The molecule has 0 fully saturated rings. The molecule has 2 rings (SSSR count). The average molecular weight is 292 g/mol. The molecule has 7 heteroatoms. The summed E-state index contributed by atoms with van der Waals surface area (Å²) in [6, 6.07) is 4.43. The summed E-state index contributed by atoms with van der Waals surface area (Å²) in [4.78, 5) is 19.4. The van der Waals surface area contributed by atoms with Gasteiger partial charge >= 0.3 is 5.97 Å². The maximum Gasteiger partial charge on any atom is 0.303 e. The molecule has 3 N–H and O–H groups in total. The van der Waals surface area contributed by atoms with E-state index in [1.165, 1.54) is 23.9 Å². The van der Waals surface area contributed by atoms with Crippen molar-refractivity contribution in [2.45, 2.75) is 22.9 Å². The molecule has 0 atom stereocenters. The predicted molar refractivity (Wildman–Crippen MR) is 71.9 cm³/mol. The first kappa shape index (κ1) is 14.1. The number of aromatic nitrogens is 2. The van der Waals surface area contributed by atoms with Gasteiger partial charge in [0.2, 0.25) is 0 Å². The molecule has 0 amide bonds. The van der Waals surface area contributed by atoms with Gasteiger partial charge in [-0.05, 0) is 41.9 Å². The Morgan fingerprint density at radius 2 is 1.80 bits per heavy atom. The van der Waals surface area contributed by atoms with E-state index < -0.39 is 5.97 Å². The molecule has 6 nitrogen and oxygen atoms in total. The van der Waals surface area contributed by atoms with Crippen LogP contribution in [0.5, 0.6) is 11.5 Å². The van der Waals surface area contributed by atoms with Crippen molar-refractivity contribution in [3.8, 4) is 11.5 Å². The second-order valence-electron chi connectivity index (χ2n) is 3.98. The Balaban J connectivity index is 2.29. The first-order chi connectivity index (χ1) is 9.56. The van der Waals surface area contributed by atoms with Crippen molar-refractivity contribution in [3.05, 3.63) is 36.2 Å². The van der Waals surface area contributed by atoms with Gasteiger partial charge in [0.1, 0.15) is 0 Å². The molecule has 2 aromatic rings. The maximum atomic E-state index is 10.7. The van der Waals surface area contributed by atoms with Gasteiger partial charge in [0.15, 0.2) is 16.7 Å². The second kappa shape index (κ2) is 6.25. The van der Waals surface area contributed by atoms with Crippen LogP contribution in [0.3, 0.4) is 0 Å². The predicted octanol–water partition coefficient (Wildman–Crippen LogP) is 2.06. The highest BCUT2D eigenvalue weighted by Crippen LogP contribution is 2.36. The summed E-state index contributed by atoms with van der Waals surface area (Å²) >= 11 is 1.20. The topological polar surface area (TPSA) is 104 Å². The number of phenolic OH excluding ortho intramolecular Hbond substituents is 2. The third-order valence-corrected chi connectivity index (χ3v) is 3.50. The lowest BCUT2D eigenvalue weighted by molar-refractivity contribution is -0.136. The lowest BCUT2D eigenvalue weighted by atomic mass is 10.1. The van der Waals surface area contributed by atoms with Crippen LogP contribution in [-0.2, 0) is 11.2 Å². The molecule has 20 heavy (non-hydrogen) atoms. The molecular formula is C13H12N2O4S. The monoisotopic (exact) mass is 292 g/mol. The first-order valence-corrected chi connectivity index (χ1v) is 6.59. The van der Waals surface area contributed by atoms with Gasteiger partial charge in [-0.2, -0.15) is 0 Å². The summed E-state index contributed by atoms with van der Waals surface area (Å²) in [5.41, 5.74) is 0.625. The fraction of sp³-hybridized carbons (Fsp3) is 0.154. The van der Waals surface area contributed by atoms with E-state index in [4.69, 9.17) is 5.11 Å².